The van der Waals surface area contributed by atoms with Gasteiger partial charge in [-0.05, 0) is 30.9 Å². The van der Waals surface area contributed by atoms with Gasteiger partial charge in [-0.1, -0.05) is 37.3 Å². The molecule has 1 fully saturated rings. The summed E-state index contributed by atoms with van der Waals surface area (Å²) in [4.78, 5) is 14.5. The van der Waals surface area contributed by atoms with Crippen LogP contribution in [0.5, 0.6) is 0 Å². The molecule has 1 heterocycles. The van der Waals surface area contributed by atoms with E-state index in [1.54, 1.807) is 0 Å². The molecule has 0 saturated carbocycles. The van der Waals surface area contributed by atoms with Crippen LogP contribution in [0.15, 0.2) is 30.3 Å². The monoisotopic (exact) mass is 276 g/mol. The summed E-state index contributed by atoms with van der Waals surface area (Å²) in [6, 6.07) is 9.51. The molecule has 1 aliphatic heterocycles. The average Bonchev–Trinajstić information content (AvgIpc) is 2.90. The zero-order chi connectivity index (χ0) is 14.6. The second-order valence-corrected chi connectivity index (χ2v) is 5.77. The van der Waals surface area contributed by atoms with Crippen molar-refractivity contribution in [3.05, 3.63) is 35.9 Å². The maximum Gasteiger partial charge on any atom is 0.330 e. The summed E-state index contributed by atoms with van der Waals surface area (Å²) >= 11 is 0. The number of hydrogen-bond donors (Lipinski definition) is 1. The minimum Gasteiger partial charge on any atom is -0.467 e. The van der Waals surface area contributed by atoms with E-state index in [2.05, 4.69) is 11.8 Å². The van der Waals surface area contributed by atoms with Crippen LogP contribution >= 0.6 is 0 Å². The lowest BCUT2D eigenvalue weighted by atomic mass is 9.87. The molecule has 2 N–H and O–H groups in total. The van der Waals surface area contributed by atoms with Gasteiger partial charge in [0.05, 0.1) is 7.11 Å². The van der Waals surface area contributed by atoms with Crippen molar-refractivity contribution in [3.63, 3.8) is 0 Å². The highest BCUT2D eigenvalue weighted by atomic mass is 16.5. The van der Waals surface area contributed by atoms with Crippen molar-refractivity contribution < 1.29 is 9.53 Å². The summed E-state index contributed by atoms with van der Waals surface area (Å²) in [5.74, 6) is 0.368. The van der Waals surface area contributed by atoms with Gasteiger partial charge < -0.3 is 15.4 Å². The first kappa shape index (κ1) is 15.0. The smallest absolute Gasteiger partial charge is 0.330 e. The maximum atomic E-state index is 12.1. The number of rotatable bonds is 5. The van der Waals surface area contributed by atoms with Gasteiger partial charge in [0.15, 0.2) is 0 Å². The Hall–Kier alpha value is -1.39. The second-order valence-electron chi connectivity index (χ2n) is 5.77. The van der Waals surface area contributed by atoms with E-state index in [1.807, 2.05) is 30.3 Å². The largest absolute Gasteiger partial charge is 0.467 e. The molecule has 4 heteroatoms. The fraction of sp³-hybridized carbons (Fsp3) is 0.562. The van der Waals surface area contributed by atoms with E-state index in [1.165, 1.54) is 13.5 Å². The minimum atomic E-state index is -1.05. The normalized spacial score (nSPS) is 22.4. The van der Waals surface area contributed by atoms with Crippen LogP contribution in [-0.2, 0) is 15.1 Å². The quantitative estimate of drug-likeness (QED) is 0.832. The first-order valence-corrected chi connectivity index (χ1v) is 7.21. The topological polar surface area (TPSA) is 55.6 Å². The van der Waals surface area contributed by atoms with Crippen molar-refractivity contribution in [3.8, 4) is 0 Å². The first-order chi connectivity index (χ1) is 9.56. The molecule has 20 heavy (non-hydrogen) atoms. The van der Waals surface area contributed by atoms with Gasteiger partial charge in [-0.15, -0.1) is 0 Å². The number of methoxy groups -OCH3 is 1. The van der Waals surface area contributed by atoms with E-state index < -0.39 is 5.54 Å². The van der Waals surface area contributed by atoms with E-state index in [0.717, 1.165) is 31.1 Å². The summed E-state index contributed by atoms with van der Waals surface area (Å²) in [6.45, 7) is 5.26. The zero-order valence-corrected chi connectivity index (χ0v) is 12.3. The number of esters is 1. The summed E-state index contributed by atoms with van der Waals surface area (Å²) in [6.07, 6.45) is 1.80. The van der Waals surface area contributed by atoms with E-state index in [4.69, 9.17) is 10.5 Å². The molecule has 1 aliphatic rings. The van der Waals surface area contributed by atoms with Crippen molar-refractivity contribution in [2.45, 2.75) is 25.3 Å². The highest BCUT2D eigenvalue weighted by Crippen LogP contribution is 2.25. The number of carbonyl (C=O) groups excluding carboxylic acids is 1. The zero-order valence-electron chi connectivity index (χ0n) is 12.3. The third-order valence-corrected chi connectivity index (χ3v) is 4.17. The van der Waals surface area contributed by atoms with Crippen LogP contribution in [0.3, 0.4) is 0 Å². The van der Waals surface area contributed by atoms with Crippen molar-refractivity contribution in [2.75, 3.05) is 26.7 Å². The Morgan fingerprint density at radius 2 is 2.15 bits per heavy atom. The number of ether oxygens (including phenoxy) is 1. The van der Waals surface area contributed by atoms with Crippen molar-refractivity contribution in [1.29, 1.82) is 0 Å². The second kappa shape index (κ2) is 6.37. The van der Waals surface area contributed by atoms with Gasteiger partial charge in [0.2, 0.25) is 0 Å². The van der Waals surface area contributed by atoms with Gasteiger partial charge in [0.25, 0.3) is 0 Å². The molecule has 0 spiro atoms. The Labute approximate surface area is 120 Å². The Morgan fingerprint density at radius 3 is 2.70 bits per heavy atom. The maximum absolute atomic E-state index is 12.1. The van der Waals surface area contributed by atoms with Crippen LogP contribution in [0.25, 0.3) is 0 Å². The standard InChI is InChI=1S/C16H24N2O2/c1-13-8-10-18(12-13)11-9-16(17,15(19)20-2)14-6-4-3-5-7-14/h3-7,13H,8-12,17H2,1-2H3. The van der Waals surface area contributed by atoms with Gasteiger partial charge in [-0.3, -0.25) is 0 Å². The van der Waals surface area contributed by atoms with Gasteiger partial charge >= 0.3 is 5.97 Å². The lowest BCUT2D eigenvalue weighted by Crippen LogP contribution is -2.48. The average molecular weight is 276 g/mol. The molecule has 1 saturated heterocycles. The van der Waals surface area contributed by atoms with Crippen LogP contribution < -0.4 is 5.73 Å². The van der Waals surface area contributed by atoms with E-state index in [0.29, 0.717) is 6.42 Å². The summed E-state index contributed by atoms with van der Waals surface area (Å²) in [5.41, 5.74) is 6.15. The third-order valence-electron chi connectivity index (χ3n) is 4.17. The molecular formula is C16H24N2O2. The first-order valence-electron chi connectivity index (χ1n) is 7.21. The third kappa shape index (κ3) is 3.19. The van der Waals surface area contributed by atoms with Gasteiger partial charge in [0.1, 0.15) is 5.54 Å². The highest BCUT2D eigenvalue weighted by molar-refractivity contribution is 5.82. The molecule has 0 aliphatic carbocycles. The van der Waals surface area contributed by atoms with E-state index in [9.17, 15) is 4.79 Å². The molecule has 110 valence electrons. The molecule has 4 nitrogen and oxygen atoms in total. The van der Waals surface area contributed by atoms with Gasteiger partial charge in [0, 0.05) is 13.1 Å². The van der Waals surface area contributed by atoms with E-state index >= 15 is 0 Å². The number of benzene rings is 1. The molecule has 2 atom stereocenters. The van der Waals surface area contributed by atoms with Crippen LogP contribution in [0, 0.1) is 5.92 Å². The van der Waals surface area contributed by atoms with Crippen LogP contribution in [0.2, 0.25) is 0 Å². The Bertz CT molecular complexity index is 449. The van der Waals surface area contributed by atoms with E-state index in [-0.39, 0.29) is 5.97 Å². The lowest BCUT2D eigenvalue weighted by molar-refractivity contribution is -0.148. The SMILES string of the molecule is COC(=O)C(N)(CCN1CCC(C)C1)c1ccccc1. The molecule has 1 aromatic rings. The Morgan fingerprint density at radius 1 is 1.45 bits per heavy atom. The molecule has 2 rings (SSSR count). The number of carbonyl (C=O) groups is 1. The Kier molecular flexibility index (Phi) is 4.78. The molecular weight excluding hydrogens is 252 g/mol. The highest BCUT2D eigenvalue weighted by Gasteiger charge is 2.37. The minimum absolute atomic E-state index is 0.365. The molecule has 0 aromatic heterocycles. The van der Waals surface area contributed by atoms with Crippen molar-refractivity contribution in [1.82, 2.24) is 4.90 Å². The molecule has 0 bridgehead atoms. The van der Waals surface area contributed by atoms with Gasteiger partial charge in [-0.25, -0.2) is 4.79 Å². The number of hydrogen-bond acceptors (Lipinski definition) is 4. The van der Waals surface area contributed by atoms with Crippen molar-refractivity contribution in [2.24, 2.45) is 11.7 Å². The summed E-state index contributed by atoms with van der Waals surface area (Å²) < 4.78 is 4.92. The molecule has 0 amide bonds. The number of nitrogens with zero attached hydrogens (tertiary/aromatic N) is 1. The van der Waals surface area contributed by atoms with Crippen LogP contribution in [-0.4, -0.2) is 37.6 Å². The fourth-order valence-corrected chi connectivity index (χ4v) is 2.85. The van der Waals surface area contributed by atoms with Crippen LogP contribution in [0.4, 0.5) is 0 Å². The number of nitrogens with two attached hydrogens (primary N) is 1. The number of likely N-dealkylation sites (tertiary alicyclic amines) is 1. The fourth-order valence-electron chi connectivity index (χ4n) is 2.85. The van der Waals surface area contributed by atoms with Gasteiger partial charge in [-0.2, -0.15) is 0 Å². The molecule has 0 radical (unpaired) electrons. The molecule has 1 aromatic carbocycles. The lowest BCUT2D eigenvalue weighted by Gasteiger charge is -2.29. The van der Waals surface area contributed by atoms with Crippen molar-refractivity contribution >= 4 is 5.97 Å². The summed E-state index contributed by atoms with van der Waals surface area (Å²) in [5, 5.41) is 0. The molecule has 2 unspecified atom stereocenters. The van der Waals surface area contributed by atoms with Crippen LogP contribution in [0.1, 0.15) is 25.3 Å². The predicted octanol–water partition coefficient (Wildman–Crippen LogP) is 1.75. The Balaban J connectivity index is 2.10. The summed E-state index contributed by atoms with van der Waals surface area (Å²) in [7, 11) is 1.39. The predicted molar refractivity (Wildman–Crippen MR) is 79.2 cm³/mol.